The largest absolute Gasteiger partial charge is 0.437 e. The lowest BCUT2D eigenvalue weighted by Crippen LogP contribution is -2.13. The molecule has 3 heteroatoms. The topological polar surface area (TPSA) is 48.1 Å². The summed E-state index contributed by atoms with van der Waals surface area (Å²) in [4.78, 5) is 4.37. The van der Waals surface area contributed by atoms with Crippen molar-refractivity contribution in [3.05, 3.63) is 47.2 Å². The average molecular weight is 270 g/mol. The van der Waals surface area contributed by atoms with Crippen molar-refractivity contribution < 1.29 is 4.74 Å². The van der Waals surface area contributed by atoms with E-state index in [1.165, 1.54) is 0 Å². The molecule has 0 bridgehead atoms. The first-order valence-electron chi connectivity index (χ1n) is 6.79. The number of aromatic nitrogens is 1. The number of benzene rings is 1. The molecule has 1 aromatic heterocycles. The van der Waals surface area contributed by atoms with Crippen LogP contribution in [0.25, 0.3) is 0 Å². The molecule has 0 saturated heterocycles. The number of nitrogen functional groups attached to an aromatic ring is 1. The fraction of sp³-hybridized carbons (Fsp3) is 0.353. The van der Waals surface area contributed by atoms with Gasteiger partial charge in [0.1, 0.15) is 5.75 Å². The van der Waals surface area contributed by atoms with Gasteiger partial charge in [-0.2, -0.15) is 0 Å². The van der Waals surface area contributed by atoms with E-state index >= 15 is 0 Å². The summed E-state index contributed by atoms with van der Waals surface area (Å²) >= 11 is 0. The van der Waals surface area contributed by atoms with Gasteiger partial charge in [0.15, 0.2) is 0 Å². The Morgan fingerprint density at radius 3 is 2.40 bits per heavy atom. The number of nitrogens with zero attached hydrogens (tertiary/aromatic N) is 1. The van der Waals surface area contributed by atoms with Crippen LogP contribution in [-0.2, 0) is 5.41 Å². The fourth-order valence-corrected chi connectivity index (χ4v) is 2.06. The zero-order valence-electron chi connectivity index (χ0n) is 12.8. The number of rotatable bonds is 2. The number of nitrogens with two attached hydrogens (primary N) is 1. The summed E-state index contributed by atoms with van der Waals surface area (Å²) in [6.07, 6.45) is 0. The van der Waals surface area contributed by atoms with Crippen molar-refractivity contribution in [2.24, 2.45) is 0 Å². The van der Waals surface area contributed by atoms with Gasteiger partial charge in [0.05, 0.1) is 5.69 Å². The molecule has 0 radical (unpaired) electrons. The summed E-state index contributed by atoms with van der Waals surface area (Å²) in [5.41, 5.74) is 9.69. The Hall–Kier alpha value is -2.03. The zero-order valence-corrected chi connectivity index (χ0v) is 12.8. The molecular weight excluding hydrogens is 248 g/mol. The number of ether oxygens (including phenoxy) is 1. The van der Waals surface area contributed by atoms with Crippen molar-refractivity contribution in [3.63, 3.8) is 0 Å². The molecule has 0 atom stereocenters. The number of hydrogen-bond donors (Lipinski definition) is 1. The molecule has 0 fully saturated rings. The Morgan fingerprint density at radius 1 is 1.05 bits per heavy atom. The Balaban J connectivity index is 2.47. The van der Waals surface area contributed by atoms with Gasteiger partial charge in [-0.15, -0.1) is 0 Å². The molecule has 0 aliphatic heterocycles. The highest BCUT2D eigenvalue weighted by Gasteiger charge is 2.20. The Labute approximate surface area is 120 Å². The molecule has 2 N–H and O–H groups in total. The Morgan fingerprint density at radius 2 is 1.75 bits per heavy atom. The highest BCUT2D eigenvalue weighted by molar-refractivity contribution is 5.52. The molecule has 0 saturated carbocycles. The first-order valence-corrected chi connectivity index (χ1v) is 6.79. The van der Waals surface area contributed by atoms with Crippen molar-refractivity contribution in [2.45, 2.75) is 40.0 Å². The van der Waals surface area contributed by atoms with Crippen molar-refractivity contribution in [3.8, 4) is 11.6 Å². The van der Waals surface area contributed by atoms with Crippen LogP contribution in [-0.4, -0.2) is 4.98 Å². The molecule has 0 aliphatic carbocycles. The SMILES string of the molecule is Cc1ccc(C(C)(C)C)c(Oc2nc(C)ccc2N)c1. The molecule has 3 nitrogen and oxygen atoms in total. The fourth-order valence-electron chi connectivity index (χ4n) is 2.06. The molecule has 1 heterocycles. The molecule has 106 valence electrons. The maximum absolute atomic E-state index is 5.99. The molecule has 2 aromatic rings. The summed E-state index contributed by atoms with van der Waals surface area (Å²) in [7, 11) is 0. The highest BCUT2D eigenvalue weighted by atomic mass is 16.5. The molecule has 0 unspecified atom stereocenters. The minimum atomic E-state index is 0.00161. The van der Waals surface area contributed by atoms with Crippen LogP contribution in [0.1, 0.15) is 37.6 Å². The minimum Gasteiger partial charge on any atom is -0.437 e. The molecular formula is C17H22N2O. The monoisotopic (exact) mass is 270 g/mol. The van der Waals surface area contributed by atoms with E-state index in [1.54, 1.807) is 0 Å². The Kier molecular flexibility index (Phi) is 3.71. The van der Waals surface area contributed by atoms with Gasteiger partial charge < -0.3 is 10.5 Å². The predicted molar refractivity (Wildman–Crippen MR) is 83.3 cm³/mol. The van der Waals surface area contributed by atoms with Crippen LogP contribution in [0.4, 0.5) is 5.69 Å². The van der Waals surface area contributed by atoms with Crippen LogP contribution >= 0.6 is 0 Å². The lowest BCUT2D eigenvalue weighted by Gasteiger charge is -2.23. The number of anilines is 1. The number of aryl methyl sites for hydroxylation is 2. The van der Waals surface area contributed by atoms with E-state index < -0.39 is 0 Å². The van der Waals surface area contributed by atoms with Gasteiger partial charge in [0.25, 0.3) is 0 Å². The predicted octanol–water partition coefficient (Wildman–Crippen LogP) is 4.37. The minimum absolute atomic E-state index is 0.00161. The maximum atomic E-state index is 5.99. The normalized spacial score (nSPS) is 11.4. The van der Waals surface area contributed by atoms with Crippen molar-refractivity contribution in [1.29, 1.82) is 0 Å². The van der Waals surface area contributed by atoms with Crippen molar-refractivity contribution >= 4 is 5.69 Å². The molecule has 0 amide bonds. The van der Waals surface area contributed by atoms with Crippen LogP contribution in [0.3, 0.4) is 0 Å². The molecule has 2 rings (SSSR count). The van der Waals surface area contributed by atoms with Gasteiger partial charge in [-0.3, -0.25) is 0 Å². The maximum Gasteiger partial charge on any atom is 0.242 e. The van der Waals surface area contributed by atoms with E-state index in [0.717, 1.165) is 22.6 Å². The van der Waals surface area contributed by atoms with Crippen LogP contribution < -0.4 is 10.5 Å². The summed E-state index contributed by atoms with van der Waals surface area (Å²) < 4.78 is 5.99. The van der Waals surface area contributed by atoms with E-state index in [9.17, 15) is 0 Å². The average Bonchev–Trinajstić information content (AvgIpc) is 2.32. The van der Waals surface area contributed by atoms with Gasteiger partial charge in [0.2, 0.25) is 5.88 Å². The smallest absolute Gasteiger partial charge is 0.242 e. The summed E-state index contributed by atoms with van der Waals surface area (Å²) in [5.74, 6) is 1.29. The van der Waals surface area contributed by atoms with E-state index in [4.69, 9.17) is 10.5 Å². The number of pyridine rings is 1. The Bertz CT molecular complexity index is 627. The van der Waals surface area contributed by atoms with Gasteiger partial charge in [-0.25, -0.2) is 4.98 Å². The third-order valence-electron chi connectivity index (χ3n) is 3.18. The van der Waals surface area contributed by atoms with Crippen LogP contribution in [0, 0.1) is 13.8 Å². The lowest BCUT2D eigenvalue weighted by molar-refractivity contribution is 0.440. The lowest BCUT2D eigenvalue weighted by atomic mass is 9.86. The van der Waals surface area contributed by atoms with E-state index in [-0.39, 0.29) is 5.41 Å². The molecule has 0 aliphatic rings. The third kappa shape index (κ3) is 3.10. The van der Waals surface area contributed by atoms with Gasteiger partial charge in [-0.05, 0) is 43.0 Å². The van der Waals surface area contributed by atoms with Crippen molar-refractivity contribution in [2.75, 3.05) is 5.73 Å². The summed E-state index contributed by atoms with van der Waals surface area (Å²) in [6, 6.07) is 9.94. The van der Waals surface area contributed by atoms with Crippen LogP contribution in [0.2, 0.25) is 0 Å². The molecule has 1 aromatic carbocycles. The number of hydrogen-bond acceptors (Lipinski definition) is 3. The van der Waals surface area contributed by atoms with Gasteiger partial charge in [0, 0.05) is 11.3 Å². The van der Waals surface area contributed by atoms with Crippen molar-refractivity contribution in [1.82, 2.24) is 4.98 Å². The van der Waals surface area contributed by atoms with E-state index in [0.29, 0.717) is 11.6 Å². The van der Waals surface area contributed by atoms with E-state index in [1.807, 2.05) is 32.0 Å². The second-order valence-corrected chi connectivity index (χ2v) is 6.20. The van der Waals surface area contributed by atoms with E-state index in [2.05, 4.69) is 37.9 Å². The zero-order chi connectivity index (χ0) is 14.9. The second kappa shape index (κ2) is 5.16. The van der Waals surface area contributed by atoms with Gasteiger partial charge in [-0.1, -0.05) is 32.9 Å². The molecule has 0 spiro atoms. The summed E-state index contributed by atoms with van der Waals surface area (Å²) in [6.45, 7) is 10.5. The summed E-state index contributed by atoms with van der Waals surface area (Å²) in [5, 5.41) is 0. The standard InChI is InChI=1S/C17H22N2O/c1-11-6-8-13(17(3,4)5)15(10-11)20-16-14(18)9-7-12(2)19-16/h6-10H,18H2,1-5H3. The first-order chi connectivity index (χ1) is 9.27. The van der Waals surface area contributed by atoms with Gasteiger partial charge >= 0.3 is 0 Å². The van der Waals surface area contributed by atoms with Crippen LogP contribution in [0.15, 0.2) is 30.3 Å². The highest BCUT2D eigenvalue weighted by Crippen LogP contribution is 2.35. The second-order valence-electron chi connectivity index (χ2n) is 6.20. The quantitative estimate of drug-likeness (QED) is 0.881. The van der Waals surface area contributed by atoms with Crippen LogP contribution in [0.5, 0.6) is 11.6 Å². The first kappa shape index (κ1) is 14.4. The molecule has 20 heavy (non-hydrogen) atoms. The third-order valence-corrected chi connectivity index (χ3v) is 3.18.